The number of hydrogen-bond acceptors (Lipinski definition) is 2. The van der Waals surface area contributed by atoms with Crippen LogP contribution in [0.5, 0.6) is 0 Å². The van der Waals surface area contributed by atoms with Gasteiger partial charge in [0.1, 0.15) is 0 Å². The summed E-state index contributed by atoms with van der Waals surface area (Å²) < 4.78 is 0. The number of fused-ring (bicyclic) bond motifs is 1. The van der Waals surface area contributed by atoms with Crippen molar-refractivity contribution in [1.82, 2.24) is 0 Å². The topological polar surface area (TPSA) is 26.0 Å². The molecule has 2 heteroatoms. The van der Waals surface area contributed by atoms with Crippen LogP contribution in [0, 0.1) is 5.92 Å². The van der Waals surface area contributed by atoms with Crippen molar-refractivity contribution in [3.63, 3.8) is 0 Å². The summed E-state index contributed by atoms with van der Waals surface area (Å²) >= 11 is 2.07. The second kappa shape index (κ2) is 5.03. The monoisotopic (exact) mass is 247 g/mol. The highest BCUT2D eigenvalue weighted by molar-refractivity contribution is 8.00. The molecule has 0 aliphatic heterocycles. The van der Waals surface area contributed by atoms with Gasteiger partial charge in [-0.25, -0.2) is 0 Å². The van der Waals surface area contributed by atoms with E-state index in [1.165, 1.54) is 43.4 Å². The zero-order chi connectivity index (χ0) is 11.7. The van der Waals surface area contributed by atoms with Crippen LogP contribution in [-0.2, 0) is 12.8 Å². The largest absolute Gasteiger partial charge is 0.330 e. The van der Waals surface area contributed by atoms with Crippen molar-refractivity contribution in [3.05, 3.63) is 29.3 Å². The zero-order valence-electron chi connectivity index (χ0n) is 10.3. The number of hydrogen-bond donors (Lipinski definition) is 1. The summed E-state index contributed by atoms with van der Waals surface area (Å²) in [5, 5.41) is 0.763. The molecule has 0 radical (unpaired) electrons. The smallest absolute Gasteiger partial charge is 0.0135 e. The lowest BCUT2D eigenvalue weighted by molar-refractivity contribution is 0.573. The third kappa shape index (κ3) is 2.38. The van der Waals surface area contributed by atoms with Gasteiger partial charge in [-0.05, 0) is 67.8 Å². The van der Waals surface area contributed by atoms with Gasteiger partial charge in [0, 0.05) is 10.1 Å². The molecular formula is C15H21NS. The molecule has 0 spiro atoms. The Bertz CT molecular complexity index is 402. The normalized spacial score (nSPS) is 27.4. The first kappa shape index (κ1) is 11.6. The van der Waals surface area contributed by atoms with Crippen LogP contribution in [-0.4, -0.2) is 11.8 Å². The first-order valence-electron chi connectivity index (χ1n) is 6.85. The second-order valence-corrected chi connectivity index (χ2v) is 6.68. The fourth-order valence-electron chi connectivity index (χ4n) is 3.22. The minimum Gasteiger partial charge on any atom is -0.330 e. The molecule has 3 rings (SSSR count). The van der Waals surface area contributed by atoms with E-state index in [9.17, 15) is 0 Å². The minimum atomic E-state index is 0.744. The maximum absolute atomic E-state index is 5.85. The number of benzene rings is 1. The minimum absolute atomic E-state index is 0.744. The Morgan fingerprint density at radius 3 is 2.88 bits per heavy atom. The van der Waals surface area contributed by atoms with Gasteiger partial charge in [0.2, 0.25) is 0 Å². The molecule has 2 aliphatic rings. The van der Waals surface area contributed by atoms with Crippen molar-refractivity contribution < 1.29 is 0 Å². The van der Waals surface area contributed by atoms with Crippen LogP contribution in [0.4, 0.5) is 0 Å². The van der Waals surface area contributed by atoms with Crippen LogP contribution in [0.25, 0.3) is 0 Å². The highest BCUT2D eigenvalue weighted by atomic mass is 32.2. The summed E-state index contributed by atoms with van der Waals surface area (Å²) in [6.45, 7) is 0.864. The molecule has 0 amide bonds. The molecule has 2 aliphatic carbocycles. The molecule has 17 heavy (non-hydrogen) atoms. The van der Waals surface area contributed by atoms with E-state index < -0.39 is 0 Å². The molecule has 1 saturated carbocycles. The summed E-state index contributed by atoms with van der Waals surface area (Å²) in [7, 11) is 0. The van der Waals surface area contributed by atoms with Crippen LogP contribution in [0.2, 0.25) is 0 Å². The Balaban J connectivity index is 1.72. The average molecular weight is 247 g/mol. The second-order valence-electron chi connectivity index (χ2n) is 5.37. The van der Waals surface area contributed by atoms with Crippen molar-refractivity contribution in [2.45, 2.75) is 48.7 Å². The first-order valence-corrected chi connectivity index (χ1v) is 7.73. The van der Waals surface area contributed by atoms with Gasteiger partial charge in [0.25, 0.3) is 0 Å². The maximum Gasteiger partial charge on any atom is 0.0135 e. The van der Waals surface area contributed by atoms with Crippen LogP contribution in [0.1, 0.15) is 36.8 Å². The molecule has 0 saturated heterocycles. The van der Waals surface area contributed by atoms with Gasteiger partial charge >= 0.3 is 0 Å². The van der Waals surface area contributed by atoms with Gasteiger partial charge in [-0.15, -0.1) is 11.8 Å². The summed E-state index contributed by atoms with van der Waals surface area (Å²) in [4.78, 5) is 1.47. The SMILES string of the molecule is NCC1CCCC1Sc1ccc2c(c1)CCC2. The number of nitrogens with two attached hydrogens (primary N) is 1. The Kier molecular flexibility index (Phi) is 3.44. The average Bonchev–Trinajstić information content (AvgIpc) is 2.96. The van der Waals surface area contributed by atoms with E-state index in [4.69, 9.17) is 5.73 Å². The van der Waals surface area contributed by atoms with Gasteiger partial charge in [0.05, 0.1) is 0 Å². The Hall–Kier alpha value is -0.470. The molecule has 2 N–H and O–H groups in total. The third-order valence-electron chi connectivity index (χ3n) is 4.25. The number of thioether (sulfide) groups is 1. The molecule has 1 aromatic rings. The summed E-state index contributed by atoms with van der Waals surface area (Å²) in [6.07, 6.45) is 7.97. The molecule has 1 fully saturated rings. The Morgan fingerprint density at radius 2 is 2.00 bits per heavy atom. The predicted octanol–water partition coefficient (Wildman–Crippen LogP) is 3.39. The molecule has 92 valence electrons. The van der Waals surface area contributed by atoms with Crippen molar-refractivity contribution in [3.8, 4) is 0 Å². The van der Waals surface area contributed by atoms with Crippen LogP contribution in [0.15, 0.2) is 23.1 Å². The molecule has 2 atom stereocenters. The van der Waals surface area contributed by atoms with Gasteiger partial charge in [-0.1, -0.05) is 12.5 Å². The van der Waals surface area contributed by atoms with E-state index in [0.717, 1.165) is 17.7 Å². The lowest BCUT2D eigenvalue weighted by atomic mass is 10.1. The third-order valence-corrected chi connectivity index (χ3v) is 5.70. The molecule has 1 aromatic carbocycles. The van der Waals surface area contributed by atoms with Gasteiger partial charge < -0.3 is 5.73 Å². The summed E-state index contributed by atoms with van der Waals surface area (Å²) in [6, 6.07) is 7.09. The highest BCUT2D eigenvalue weighted by Crippen LogP contribution is 2.39. The number of aryl methyl sites for hydroxylation is 2. The predicted molar refractivity (Wildman–Crippen MR) is 74.5 cm³/mol. The van der Waals surface area contributed by atoms with E-state index >= 15 is 0 Å². The first-order chi connectivity index (χ1) is 8.36. The van der Waals surface area contributed by atoms with Crippen LogP contribution in [0.3, 0.4) is 0 Å². The zero-order valence-corrected chi connectivity index (χ0v) is 11.1. The molecule has 1 nitrogen and oxygen atoms in total. The van der Waals surface area contributed by atoms with E-state index in [1.807, 2.05) is 0 Å². The van der Waals surface area contributed by atoms with Gasteiger partial charge in [-0.2, -0.15) is 0 Å². The van der Waals surface area contributed by atoms with Crippen molar-refractivity contribution in [2.75, 3.05) is 6.54 Å². The van der Waals surface area contributed by atoms with Crippen LogP contribution >= 0.6 is 11.8 Å². The van der Waals surface area contributed by atoms with E-state index in [1.54, 1.807) is 11.1 Å². The Labute approximate surface area is 108 Å². The van der Waals surface area contributed by atoms with E-state index in [-0.39, 0.29) is 0 Å². The molecule has 0 aromatic heterocycles. The lowest BCUT2D eigenvalue weighted by Crippen LogP contribution is -2.20. The molecule has 0 heterocycles. The van der Waals surface area contributed by atoms with E-state index in [2.05, 4.69) is 30.0 Å². The molecule has 0 bridgehead atoms. The fraction of sp³-hybridized carbons (Fsp3) is 0.600. The summed E-state index contributed by atoms with van der Waals surface area (Å²) in [5.41, 5.74) is 9.03. The molecule has 2 unspecified atom stereocenters. The van der Waals surface area contributed by atoms with Gasteiger partial charge in [-0.3, -0.25) is 0 Å². The standard InChI is InChI=1S/C15H21NS/c16-10-13-5-2-6-15(13)17-14-8-7-11-3-1-4-12(11)9-14/h7-9,13,15H,1-6,10,16H2. The molecular weight excluding hydrogens is 226 g/mol. The number of rotatable bonds is 3. The quantitative estimate of drug-likeness (QED) is 0.886. The van der Waals surface area contributed by atoms with Crippen molar-refractivity contribution in [1.29, 1.82) is 0 Å². The van der Waals surface area contributed by atoms with Crippen molar-refractivity contribution in [2.24, 2.45) is 11.7 Å². The highest BCUT2D eigenvalue weighted by Gasteiger charge is 2.27. The van der Waals surface area contributed by atoms with E-state index in [0.29, 0.717) is 0 Å². The fourth-order valence-corrected chi connectivity index (χ4v) is 4.65. The Morgan fingerprint density at radius 1 is 1.12 bits per heavy atom. The summed E-state index contributed by atoms with van der Waals surface area (Å²) in [5.74, 6) is 0.744. The van der Waals surface area contributed by atoms with Crippen LogP contribution < -0.4 is 5.73 Å². The van der Waals surface area contributed by atoms with Gasteiger partial charge in [0.15, 0.2) is 0 Å². The maximum atomic E-state index is 5.85. The van der Waals surface area contributed by atoms with Crippen molar-refractivity contribution >= 4 is 11.8 Å². The lowest BCUT2D eigenvalue weighted by Gasteiger charge is -2.17.